The van der Waals surface area contributed by atoms with Gasteiger partial charge in [0, 0.05) is 103 Å². The topological polar surface area (TPSA) is 155 Å². The molecule has 0 bridgehead atoms. The largest absolute Gasteiger partial charge is 0.265 e. The van der Waals surface area contributed by atoms with Gasteiger partial charge in [-0.15, -0.1) is 0 Å². The van der Waals surface area contributed by atoms with Crippen LogP contribution in [0, 0.1) is 29.1 Å². The normalized spacial score (nSPS) is 10.3. The third kappa shape index (κ3) is 38.1. The van der Waals surface area contributed by atoms with Crippen LogP contribution in [0.2, 0.25) is 0 Å². The van der Waals surface area contributed by atoms with Crippen molar-refractivity contribution in [1.29, 1.82) is 0 Å². The molecule has 10 rings (SSSR count). The molecular formula is C78H103F5N12. The van der Waals surface area contributed by atoms with E-state index in [0.29, 0.717) is 47.3 Å². The molecule has 12 nitrogen and oxygen atoms in total. The van der Waals surface area contributed by atoms with Crippen molar-refractivity contribution in [3.8, 4) is 0 Å². The van der Waals surface area contributed by atoms with Gasteiger partial charge in [-0.25, -0.2) is 41.9 Å². The summed E-state index contributed by atoms with van der Waals surface area (Å²) in [5, 5.41) is 0. The predicted octanol–water partition coefficient (Wildman–Crippen LogP) is 21.5. The molecule has 10 heterocycles. The predicted molar refractivity (Wildman–Crippen MR) is 379 cm³/mol. The van der Waals surface area contributed by atoms with Gasteiger partial charge < -0.3 is 0 Å². The Hall–Kier alpha value is -8.99. The van der Waals surface area contributed by atoms with Gasteiger partial charge in [0.2, 0.25) is 0 Å². The zero-order valence-corrected chi connectivity index (χ0v) is 59.6. The third-order valence-corrected chi connectivity index (χ3v) is 13.3. The fourth-order valence-corrected chi connectivity index (χ4v) is 7.42. The first-order valence-corrected chi connectivity index (χ1v) is 32.3. The van der Waals surface area contributed by atoms with Crippen LogP contribution in [-0.4, -0.2) is 59.8 Å². The van der Waals surface area contributed by atoms with E-state index in [9.17, 15) is 22.0 Å². The minimum Gasteiger partial charge on any atom is -0.265 e. The van der Waals surface area contributed by atoms with Crippen LogP contribution >= 0.6 is 0 Å². The molecule has 0 aliphatic carbocycles. The van der Waals surface area contributed by atoms with Gasteiger partial charge in [-0.3, -0.25) is 39.9 Å². The summed E-state index contributed by atoms with van der Waals surface area (Å²) in [6.07, 6.45) is 28.8. The maximum atomic E-state index is 12.8. The highest BCUT2D eigenvalue weighted by Crippen LogP contribution is 2.21. The van der Waals surface area contributed by atoms with Gasteiger partial charge in [0.15, 0.2) is 0 Å². The lowest BCUT2D eigenvalue weighted by molar-refractivity contribution is 0.532. The molecule has 510 valence electrons. The van der Waals surface area contributed by atoms with E-state index < -0.39 is 11.6 Å². The maximum Gasteiger partial charge on any atom is 0.147 e. The summed E-state index contributed by atoms with van der Waals surface area (Å²) in [4.78, 5) is 46.9. The number of halogens is 5. The average Bonchev–Trinajstić information content (AvgIpc) is 1.91. The molecule has 0 unspecified atom stereocenters. The number of pyridine rings is 8. The van der Waals surface area contributed by atoms with Gasteiger partial charge in [0.05, 0.1) is 31.0 Å². The standard InChI is InChI=1S/C8H9F2N.3C8H10FN.4C8H11N.2C7H10N2/c1-5(2)8-6(9)3-11-4-7(8)10;1-6(2)7-3-8(9)5-10-4-7;1-6(2)7-3-4-10-5-8(7)9;1-6(2)8-4-3-7(9)5-10-8;1-7(2)8-3-5-9-6-4-8;1-7(2)8-4-3-5-9-6-8;2*1-7(2)8-5-3-4-6-9-8;1-6(2)7-3-8-5-9-4-7;1-6(2)7-8-4-3-5-9-7/h3-5H,1-2H3;3*3-6H,1-2H3;4*3-7H,1-2H3;2*3-6H,1-2H3. The second-order valence-electron chi connectivity index (χ2n) is 24.7. The van der Waals surface area contributed by atoms with E-state index >= 15 is 0 Å². The highest BCUT2D eigenvalue weighted by atomic mass is 19.1. The lowest BCUT2D eigenvalue weighted by Crippen LogP contribution is -1.98. The Labute approximate surface area is 564 Å². The van der Waals surface area contributed by atoms with E-state index in [0.717, 1.165) is 46.4 Å². The fourth-order valence-electron chi connectivity index (χ4n) is 7.42. The molecule has 0 aromatic carbocycles. The first-order valence-electron chi connectivity index (χ1n) is 32.3. The van der Waals surface area contributed by atoms with E-state index in [2.05, 4.69) is 149 Å². The Balaban J connectivity index is 0.000000528. The van der Waals surface area contributed by atoms with Gasteiger partial charge in [0.1, 0.15) is 41.2 Å². The molecule has 0 spiro atoms. The first-order chi connectivity index (χ1) is 45.1. The van der Waals surface area contributed by atoms with E-state index in [4.69, 9.17) is 0 Å². The Morgan fingerprint density at radius 1 is 0.253 bits per heavy atom. The summed E-state index contributed by atoms with van der Waals surface area (Å²) < 4.78 is 63.1. The van der Waals surface area contributed by atoms with Crippen LogP contribution in [0.15, 0.2) is 203 Å². The minimum absolute atomic E-state index is 0.111. The molecule has 0 atom stereocenters. The summed E-state index contributed by atoms with van der Waals surface area (Å²) in [5.41, 5.74) is 8.89. The molecule has 0 radical (unpaired) electrons. The second-order valence-corrected chi connectivity index (χ2v) is 24.7. The van der Waals surface area contributed by atoms with Crippen molar-refractivity contribution in [3.63, 3.8) is 0 Å². The van der Waals surface area contributed by atoms with Crippen LogP contribution in [0.1, 0.15) is 254 Å². The quantitative estimate of drug-likeness (QED) is 0.120. The van der Waals surface area contributed by atoms with Crippen molar-refractivity contribution in [2.24, 2.45) is 0 Å². The lowest BCUT2D eigenvalue weighted by Gasteiger charge is -2.06. The molecule has 0 fully saturated rings. The zero-order valence-electron chi connectivity index (χ0n) is 59.6. The molecular weight excluding hydrogens is 1200 g/mol. The average molecular weight is 1300 g/mol. The number of rotatable bonds is 10. The SMILES string of the molecule is CC(C)c1c(F)cncc1F.CC(C)c1ccc(F)cn1.CC(C)c1ccccn1.CC(C)c1ccccn1.CC(C)c1cccnc1.CC(C)c1ccncc1.CC(C)c1ccncc1F.CC(C)c1cncc(F)c1.CC(C)c1cncnc1.CC(C)c1ncccn1. The Bertz CT molecular complexity index is 3100. The summed E-state index contributed by atoms with van der Waals surface area (Å²) >= 11 is 0. The summed E-state index contributed by atoms with van der Waals surface area (Å²) in [6, 6.07) is 28.3. The van der Waals surface area contributed by atoms with Crippen LogP contribution in [0.3, 0.4) is 0 Å². The van der Waals surface area contributed by atoms with E-state index in [-0.39, 0.29) is 34.9 Å². The van der Waals surface area contributed by atoms with Crippen molar-refractivity contribution in [2.45, 2.75) is 198 Å². The number of aromatic nitrogens is 12. The Kier molecular flexibility index (Phi) is 43.1. The molecule has 10 aromatic rings. The zero-order chi connectivity index (χ0) is 71.3. The van der Waals surface area contributed by atoms with E-state index in [1.807, 2.05) is 146 Å². The molecule has 0 saturated heterocycles. The molecule has 0 N–H and O–H groups in total. The minimum atomic E-state index is -0.569. The molecule has 95 heavy (non-hydrogen) atoms. The van der Waals surface area contributed by atoms with Crippen molar-refractivity contribution in [1.82, 2.24) is 59.8 Å². The maximum absolute atomic E-state index is 12.8. The smallest absolute Gasteiger partial charge is 0.147 e. The van der Waals surface area contributed by atoms with Crippen molar-refractivity contribution >= 4 is 0 Å². The van der Waals surface area contributed by atoms with Crippen LogP contribution < -0.4 is 0 Å². The van der Waals surface area contributed by atoms with Crippen LogP contribution in [-0.2, 0) is 0 Å². The third-order valence-electron chi connectivity index (χ3n) is 13.3. The van der Waals surface area contributed by atoms with Crippen molar-refractivity contribution < 1.29 is 22.0 Å². The van der Waals surface area contributed by atoms with E-state index in [1.54, 1.807) is 63.3 Å². The Morgan fingerprint density at radius 3 is 1.02 bits per heavy atom. The van der Waals surface area contributed by atoms with Gasteiger partial charge >= 0.3 is 0 Å². The second kappa shape index (κ2) is 48.7. The van der Waals surface area contributed by atoms with E-state index in [1.165, 1.54) is 47.4 Å². The van der Waals surface area contributed by atoms with Crippen molar-refractivity contribution in [3.05, 3.63) is 288 Å². The van der Waals surface area contributed by atoms with Gasteiger partial charge in [-0.2, -0.15) is 0 Å². The monoisotopic (exact) mass is 1300 g/mol. The summed E-state index contributed by atoms with van der Waals surface area (Å²) in [6.45, 7) is 41.1. The molecule has 17 heteroatoms. The number of hydrogen-bond acceptors (Lipinski definition) is 12. The van der Waals surface area contributed by atoms with Crippen LogP contribution in [0.25, 0.3) is 0 Å². The van der Waals surface area contributed by atoms with Gasteiger partial charge in [-0.1, -0.05) is 157 Å². The first kappa shape index (κ1) is 84.0. The fraction of sp³-hybridized carbons (Fsp3) is 0.385. The molecule has 0 aliphatic heterocycles. The lowest BCUT2D eigenvalue weighted by atomic mass is 10.0. The molecule has 0 saturated carbocycles. The molecule has 0 aliphatic rings. The van der Waals surface area contributed by atoms with Crippen LogP contribution in [0.4, 0.5) is 22.0 Å². The molecule has 10 aromatic heterocycles. The highest BCUT2D eigenvalue weighted by molar-refractivity contribution is 5.20. The number of nitrogens with zero attached hydrogens (tertiary/aromatic N) is 12. The summed E-state index contributed by atoms with van der Waals surface area (Å²) in [7, 11) is 0. The van der Waals surface area contributed by atoms with Gasteiger partial charge in [0.25, 0.3) is 0 Å². The van der Waals surface area contributed by atoms with Crippen LogP contribution in [0.5, 0.6) is 0 Å². The van der Waals surface area contributed by atoms with Gasteiger partial charge in [-0.05, 0) is 154 Å². The number of hydrogen-bond donors (Lipinski definition) is 0. The summed E-state index contributed by atoms with van der Waals surface area (Å²) in [5.74, 6) is 3.14. The molecule has 0 amide bonds. The van der Waals surface area contributed by atoms with Crippen molar-refractivity contribution in [2.75, 3.05) is 0 Å². The Morgan fingerprint density at radius 2 is 0.705 bits per heavy atom. The highest BCUT2D eigenvalue weighted by Gasteiger charge is 2.12.